The third kappa shape index (κ3) is 1.89. The van der Waals surface area contributed by atoms with Crippen LogP contribution in [0.4, 0.5) is 5.69 Å². The summed E-state index contributed by atoms with van der Waals surface area (Å²) in [6.07, 6.45) is 0.668. The fourth-order valence-electron chi connectivity index (χ4n) is 3.69. The molecule has 0 spiro atoms. The van der Waals surface area contributed by atoms with Gasteiger partial charge in [-0.15, -0.1) is 0 Å². The summed E-state index contributed by atoms with van der Waals surface area (Å²) in [5, 5.41) is 35.5. The van der Waals surface area contributed by atoms with Crippen LogP contribution in [0.25, 0.3) is 27.6 Å². The summed E-state index contributed by atoms with van der Waals surface area (Å²) < 4.78 is 0. The predicted octanol–water partition coefficient (Wildman–Crippen LogP) is 3.63. The lowest BCUT2D eigenvalue weighted by Crippen LogP contribution is -2.21. The Morgan fingerprint density at radius 2 is 1.83 bits per heavy atom. The monoisotopic (exact) mass is 321 g/mol. The van der Waals surface area contributed by atoms with Gasteiger partial charge in [0.15, 0.2) is 0 Å². The first-order valence-corrected chi connectivity index (χ1v) is 7.67. The molecule has 0 radical (unpaired) electrons. The van der Waals surface area contributed by atoms with E-state index in [0.717, 1.165) is 21.5 Å². The standard InChI is InChI=1S/C19H15NO4/c1-10-16-12-5-3-2-4-11(12)6-7-13(16)17-14(18(10)20(23)24)8-9-15(21)19(17)22/h2-9,15,19,21-22H,1H3. The lowest BCUT2D eigenvalue weighted by molar-refractivity contribution is -0.385. The van der Waals surface area contributed by atoms with E-state index in [1.54, 1.807) is 6.92 Å². The van der Waals surface area contributed by atoms with E-state index in [2.05, 4.69) is 0 Å². The van der Waals surface area contributed by atoms with Crippen molar-refractivity contribution in [3.05, 3.63) is 69.3 Å². The molecule has 1 aliphatic carbocycles. The van der Waals surface area contributed by atoms with Gasteiger partial charge in [-0.2, -0.15) is 0 Å². The molecule has 1 aliphatic rings. The second-order valence-electron chi connectivity index (χ2n) is 6.06. The van der Waals surface area contributed by atoms with Crippen LogP contribution < -0.4 is 0 Å². The summed E-state index contributed by atoms with van der Waals surface area (Å²) in [5.41, 5.74) is 1.34. The number of aliphatic hydroxyl groups excluding tert-OH is 2. The van der Waals surface area contributed by atoms with Crippen LogP contribution in [0.3, 0.4) is 0 Å². The van der Waals surface area contributed by atoms with Crippen molar-refractivity contribution < 1.29 is 15.1 Å². The predicted molar refractivity (Wildman–Crippen MR) is 92.8 cm³/mol. The van der Waals surface area contributed by atoms with Gasteiger partial charge in [-0.3, -0.25) is 10.1 Å². The lowest BCUT2D eigenvalue weighted by Gasteiger charge is -2.25. The van der Waals surface area contributed by atoms with Gasteiger partial charge >= 0.3 is 0 Å². The van der Waals surface area contributed by atoms with Crippen molar-refractivity contribution in [3.63, 3.8) is 0 Å². The molecule has 2 atom stereocenters. The molecule has 3 aromatic carbocycles. The van der Waals surface area contributed by atoms with Crippen molar-refractivity contribution >= 4 is 33.3 Å². The number of nitro benzene ring substituents is 1. The van der Waals surface area contributed by atoms with Gasteiger partial charge in [0, 0.05) is 11.1 Å². The lowest BCUT2D eigenvalue weighted by atomic mass is 9.83. The van der Waals surface area contributed by atoms with Crippen molar-refractivity contribution in [1.29, 1.82) is 0 Å². The maximum Gasteiger partial charge on any atom is 0.280 e. The molecular weight excluding hydrogens is 306 g/mol. The molecule has 2 unspecified atom stereocenters. The average Bonchev–Trinajstić information content (AvgIpc) is 2.57. The van der Waals surface area contributed by atoms with Crippen LogP contribution in [0.15, 0.2) is 42.5 Å². The minimum absolute atomic E-state index is 0.0175. The van der Waals surface area contributed by atoms with Gasteiger partial charge in [-0.05, 0) is 34.5 Å². The van der Waals surface area contributed by atoms with Gasteiger partial charge in [0.05, 0.1) is 10.5 Å². The first-order valence-electron chi connectivity index (χ1n) is 7.67. The Balaban J connectivity index is 2.29. The molecule has 0 saturated heterocycles. The first-order chi connectivity index (χ1) is 11.5. The van der Waals surface area contributed by atoms with E-state index in [1.165, 1.54) is 12.2 Å². The van der Waals surface area contributed by atoms with E-state index in [1.807, 2.05) is 36.4 Å². The van der Waals surface area contributed by atoms with Crippen molar-refractivity contribution in [2.24, 2.45) is 0 Å². The van der Waals surface area contributed by atoms with Crippen LogP contribution in [-0.2, 0) is 0 Å². The van der Waals surface area contributed by atoms with Gasteiger partial charge in [-0.1, -0.05) is 42.5 Å². The molecule has 5 nitrogen and oxygen atoms in total. The number of rotatable bonds is 1. The third-order valence-electron chi connectivity index (χ3n) is 4.76. The van der Waals surface area contributed by atoms with Crippen LogP contribution in [0.5, 0.6) is 0 Å². The molecule has 3 aromatic rings. The number of aliphatic hydroxyl groups is 2. The first kappa shape index (κ1) is 14.8. The zero-order chi connectivity index (χ0) is 17.0. The van der Waals surface area contributed by atoms with Crippen LogP contribution in [0, 0.1) is 17.0 Å². The Labute approximate surface area is 137 Å². The minimum Gasteiger partial charge on any atom is -0.386 e. The van der Waals surface area contributed by atoms with E-state index in [-0.39, 0.29) is 5.69 Å². The van der Waals surface area contributed by atoms with Crippen LogP contribution in [0.1, 0.15) is 22.8 Å². The number of nitrogens with zero attached hydrogens (tertiary/aromatic N) is 1. The summed E-state index contributed by atoms with van der Waals surface area (Å²) in [6, 6.07) is 11.5. The largest absolute Gasteiger partial charge is 0.386 e. The number of benzene rings is 3. The Hall–Kier alpha value is -2.76. The van der Waals surface area contributed by atoms with E-state index in [9.17, 15) is 20.3 Å². The summed E-state index contributed by atoms with van der Waals surface area (Å²) in [6.45, 7) is 1.73. The molecule has 5 heteroatoms. The highest BCUT2D eigenvalue weighted by Crippen LogP contribution is 2.44. The summed E-state index contributed by atoms with van der Waals surface area (Å²) in [4.78, 5) is 11.3. The zero-order valence-corrected chi connectivity index (χ0v) is 12.9. The Kier molecular flexibility index (Phi) is 3.16. The van der Waals surface area contributed by atoms with Crippen LogP contribution >= 0.6 is 0 Å². The number of fused-ring (bicyclic) bond motifs is 5. The summed E-state index contributed by atoms with van der Waals surface area (Å²) >= 11 is 0. The normalized spacial score (nSPS) is 19.6. The Morgan fingerprint density at radius 3 is 2.58 bits per heavy atom. The molecule has 0 bridgehead atoms. The number of hydrogen-bond acceptors (Lipinski definition) is 4. The van der Waals surface area contributed by atoms with Crippen molar-refractivity contribution in [2.45, 2.75) is 19.1 Å². The number of nitro groups is 1. The smallest absolute Gasteiger partial charge is 0.280 e. The summed E-state index contributed by atoms with van der Waals surface area (Å²) in [7, 11) is 0. The molecule has 2 N–H and O–H groups in total. The van der Waals surface area contributed by atoms with Gasteiger partial charge in [0.25, 0.3) is 5.69 Å². The van der Waals surface area contributed by atoms with Gasteiger partial charge in [0.1, 0.15) is 12.2 Å². The number of hydrogen-bond donors (Lipinski definition) is 2. The van der Waals surface area contributed by atoms with E-state index < -0.39 is 17.1 Å². The second-order valence-corrected chi connectivity index (χ2v) is 6.06. The molecule has 0 saturated carbocycles. The van der Waals surface area contributed by atoms with Crippen LogP contribution in [-0.4, -0.2) is 21.2 Å². The van der Waals surface area contributed by atoms with Crippen molar-refractivity contribution in [1.82, 2.24) is 0 Å². The van der Waals surface area contributed by atoms with Gasteiger partial charge < -0.3 is 10.2 Å². The SMILES string of the molecule is Cc1c([N+](=O)[O-])c2c(c3ccc4ccccc4c13)C(O)C(O)C=C2. The van der Waals surface area contributed by atoms with Crippen molar-refractivity contribution in [2.75, 3.05) is 0 Å². The quantitative estimate of drug-likeness (QED) is 0.407. The fourth-order valence-corrected chi connectivity index (χ4v) is 3.69. The van der Waals surface area contributed by atoms with Gasteiger partial charge in [-0.25, -0.2) is 0 Å². The highest BCUT2D eigenvalue weighted by Gasteiger charge is 2.32. The molecule has 0 fully saturated rings. The molecule has 0 aliphatic heterocycles. The maximum atomic E-state index is 11.7. The maximum absolute atomic E-state index is 11.7. The summed E-state index contributed by atoms with van der Waals surface area (Å²) in [5.74, 6) is 0. The van der Waals surface area contributed by atoms with E-state index >= 15 is 0 Å². The molecular formula is C19H15NO4. The zero-order valence-electron chi connectivity index (χ0n) is 12.9. The molecule has 0 heterocycles. The third-order valence-corrected chi connectivity index (χ3v) is 4.76. The molecule has 0 amide bonds. The van der Waals surface area contributed by atoms with Gasteiger partial charge in [0.2, 0.25) is 0 Å². The van der Waals surface area contributed by atoms with E-state index in [0.29, 0.717) is 16.7 Å². The molecule has 0 aromatic heterocycles. The molecule has 120 valence electrons. The second kappa shape index (κ2) is 5.12. The van der Waals surface area contributed by atoms with Crippen LogP contribution in [0.2, 0.25) is 0 Å². The number of aryl methyl sites for hydroxylation is 1. The highest BCUT2D eigenvalue weighted by atomic mass is 16.6. The minimum atomic E-state index is -1.19. The fraction of sp³-hybridized carbons (Fsp3) is 0.158. The van der Waals surface area contributed by atoms with E-state index in [4.69, 9.17) is 0 Å². The Bertz CT molecular complexity index is 1040. The highest BCUT2D eigenvalue weighted by molar-refractivity contribution is 6.12. The average molecular weight is 321 g/mol. The Morgan fingerprint density at radius 1 is 1.08 bits per heavy atom. The van der Waals surface area contributed by atoms with Crippen molar-refractivity contribution in [3.8, 4) is 0 Å². The topological polar surface area (TPSA) is 83.6 Å². The molecule has 24 heavy (non-hydrogen) atoms. The molecule has 4 rings (SSSR count).